The van der Waals surface area contributed by atoms with Gasteiger partial charge >= 0.3 is 11.9 Å². The van der Waals surface area contributed by atoms with E-state index in [-0.39, 0.29) is 12.5 Å². The second-order valence-electron chi connectivity index (χ2n) is 4.45. The molecular weight excluding hydrogens is 392 g/mol. The zero-order valence-electron chi connectivity index (χ0n) is 11.2. The van der Waals surface area contributed by atoms with Gasteiger partial charge < -0.3 is 9.84 Å². The first-order valence-electron chi connectivity index (χ1n) is 6.23. The van der Waals surface area contributed by atoms with Crippen molar-refractivity contribution in [3.63, 3.8) is 0 Å². The molecule has 0 aliphatic heterocycles. The Kier molecular flexibility index (Phi) is 6.68. The molecule has 0 aliphatic rings. The van der Waals surface area contributed by atoms with E-state index in [4.69, 9.17) is 4.74 Å². The summed E-state index contributed by atoms with van der Waals surface area (Å²) in [6.45, 7) is 3.61. The molecule has 2 atom stereocenters. The minimum absolute atomic E-state index is 0.0760. The van der Waals surface area contributed by atoms with Crippen molar-refractivity contribution in [2.75, 3.05) is 0 Å². The number of carbonyl (C=O) groups excluding carboxylic acids is 1. The molecule has 0 aromatic heterocycles. The van der Waals surface area contributed by atoms with Crippen LogP contribution in [0.2, 0.25) is 0 Å². The van der Waals surface area contributed by atoms with Gasteiger partial charge in [0.25, 0.3) is 0 Å². The van der Waals surface area contributed by atoms with Crippen LogP contribution in [0.5, 0.6) is 0 Å². The first-order chi connectivity index (χ1) is 9.36. The van der Waals surface area contributed by atoms with Crippen molar-refractivity contribution in [1.29, 1.82) is 0 Å². The summed E-state index contributed by atoms with van der Waals surface area (Å²) >= 11 is 6.73. The first-order valence-corrected chi connectivity index (χ1v) is 7.81. The van der Waals surface area contributed by atoms with Crippen LogP contribution in [0.25, 0.3) is 0 Å². The highest BCUT2D eigenvalue weighted by Gasteiger charge is 2.30. The molecule has 0 saturated carbocycles. The molecule has 0 radical (unpaired) electrons. The maximum atomic E-state index is 11.9. The van der Waals surface area contributed by atoms with E-state index < -0.39 is 17.9 Å². The Morgan fingerprint density at radius 3 is 2.30 bits per heavy atom. The topological polar surface area (TPSA) is 63.6 Å². The van der Waals surface area contributed by atoms with Crippen molar-refractivity contribution in [2.45, 2.75) is 32.8 Å². The van der Waals surface area contributed by atoms with E-state index in [1.807, 2.05) is 13.0 Å². The van der Waals surface area contributed by atoms with E-state index in [0.29, 0.717) is 6.42 Å². The molecule has 0 amide bonds. The highest BCUT2D eigenvalue weighted by atomic mass is 79.9. The Balaban J connectivity index is 2.93. The van der Waals surface area contributed by atoms with E-state index in [2.05, 4.69) is 31.9 Å². The van der Waals surface area contributed by atoms with Crippen molar-refractivity contribution in [1.82, 2.24) is 0 Å². The van der Waals surface area contributed by atoms with Gasteiger partial charge in [0.15, 0.2) is 5.92 Å². The van der Waals surface area contributed by atoms with Crippen LogP contribution in [0.3, 0.4) is 0 Å². The molecule has 0 aliphatic carbocycles. The van der Waals surface area contributed by atoms with Crippen LogP contribution in [0.1, 0.15) is 25.8 Å². The fourth-order valence-electron chi connectivity index (χ4n) is 1.57. The maximum Gasteiger partial charge on any atom is 0.320 e. The molecule has 0 saturated heterocycles. The van der Waals surface area contributed by atoms with Crippen LogP contribution >= 0.6 is 31.9 Å². The third kappa shape index (κ3) is 4.59. The Hall–Kier alpha value is -0.880. The number of rotatable bonds is 6. The number of benzene rings is 1. The van der Waals surface area contributed by atoms with Crippen molar-refractivity contribution >= 4 is 43.8 Å². The zero-order chi connectivity index (χ0) is 15.3. The van der Waals surface area contributed by atoms with Gasteiger partial charge in [-0.25, -0.2) is 0 Å². The third-order valence-electron chi connectivity index (χ3n) is 2.94. The summed E-state index contributed by atoms with van der Waals surface area (Å²) in [4.78, 5) is 23.3. The average Bonchev–Trinajstić information content (AvgIpc) is 2.37. The van der Waals surface area contributed by atoms with Gasteiger partial charge in [-0.05, 0) is 37.5 Å². The summed E-state index contributed by atoms with van der Waals surface area (Å²) in [5, 5.41) is 9.24. The van der Waals surface area contributed by atoms with E-state index in [0.717, 1.165) is 14.5 Å². The largest absolute Gasteiger partial charge is 0.481 e. The Morgan fingerprint density at radius 2 is 1.85 bits per heavy atom. The quantitative estimate of drug-likeness (QED) is 0.575. The number of esters is 1. The Bertz CT molecular complexity index is 482. The smallest absolute Gasteiger partial charge is 0.320 e. The molecule has 1 aromatic carbocycles. The molecule has 2 unspecified atom stereocenters. The summed E-state index contributed by atoms with van der Waals surface area (Å²) in [7, 11) is 0. The minimum atomic E-state index is -1.21. The van der Waals surface area contributed by atoms with Crippen LogP contribution < -0.4 is 0 Å². The molecule has 0 heterocycles. The molecule has 1 rings (SSSR count). The summed E-state index contributed by atoms with van der Waals surface area (Å²) < 4.78 is 6.64. The Morgan fingerprint density at radius 1 is 1.30 bits per heavy atom. The van der Waals surface area contributed by atoms with Crippen LogP contribution in [0, 0.1) is 5.92 Å². The summed E-state index contributed by atoms with van der Waals surface area (Å²) in [6, 6.07) is 5.43. The van der Waals surface area contributed by atoms with E-state index >= 15 is 0 Å². The predicted molar refractivity (Wildman–Crippen MR) is 82.5 cm³/mol. The number of aliphatic carboxylic acids is 1. The van der Waals surface area contributed by atoms with Gasteiger partial charge in [0.05, 0.1) is 6.10 Å². The van der Waals surface area contributed by atoms with Crippen molar-refractivity contribution in [3.8, 4) is 0 Å². The second kappa shape index (κ2) is 7.78. The molecule has 0 spiro atoms. The third-order valence-corrected chi connectivity index (χ3v) is 4.43. The van der Waals surface area contributed by atoms with Crippen LogP contribution in [-0.2, 0) is 20.7 Å². The van der Waals surface area contributed by atoms with Gasteiger partial charge in [-0.1, -0.05) is 44.8 Å². The van der Waals surface area contributed by atoms with Crippen molar-refractivity contribution in [2.24, 2.45) is 5.92 Å². The first kappa shape index (κ1) is 17.2. The highest BCUT2D eigenvalue weighted by Crippen LogP contribution is 2.28. The van der Waals surface area contributed by atoms with Crippen molar-refractivity contribution < 1.29 is 19.4 Å². The van der Waals surface area contributed by atoms with E-state index in [9.17, 15) is 14.7 Å². The molecule has 110 valence electrons. The molecular formula is C14H16Br2O4. The van der Waals surface area contributed by atoms with Crippen LogP contribution in [-0.4, -0.2) is 23.1 Å². The SMILES string of the molecule is CCC(C)OC(=O)C(Cc1c(Br)cccc1Br)C(=O)O. The number of carboxylic acids is 1. The number of hydrogen-bond donors (Lipinski definition) is 1. The molecule has 1 aromatic rings. The van der Waals surface area contributed by atoms with E-state index in [1.54, 1.807) is 19.1 Å². The second-order valence-corrected chi connectivity index (χ2v) is 6.16. The fraction of sp³-hybridized carbons (Fsp3) is 0.429. The summed E-state index contributed by atoms with van der Waals surface area (Å²) in [5.74, 6) is -3.09. The van der Waals surface area contributed by atoms with Gasteiger partial charge in [-0.3, -0.25) is 9.59 Å². The molecule has 4 nitrogen and oxygen atoms in total. The summed E-state index contributed by atoms with van der Waals surface area (Å²) in [6.07, 6.45) is 0.440. The molecule has 6 heteroatoms. The van der Waals surface area contributed by atoms with Gasteiger partial charge in [-0.2, -0.15) is 0 Å². The average molecular weight is 408 g/mol. The standard InChI is InChI=1S/C14H16Br2O4/c1-3-8(2)20-14(19)10(13(17)18)7-9-11(15)5-4-6-12(9)16/h4-6,8,10H,3,7H2,1-2H3,(H,17,18). The number of hydrogen-bond acceptors (Lipinski definition) is 3. The predicted octanol–water partition coefficient (Wildman–Crippen LogP) is 3.80. The van der Waals surface area contributed by atoms with E-state index in [1.165, 1.54) is 0 Å². The lowest BCUT2D eigenvalue weighted by Gasteiger charge is -2.17. The number of carbonyl (C=O) groups is 2. The Labute approximate surface area is 134 Å². The summed E-state index contributed by atoms with van der Waals surface area (Å²) in [5.41, 5.74) is 0.737. The normalized spacial score (nSPS) is 13.6. The minimum Gasteiger partial charge on any atom is -0.481 e. The van der Waals surface area contributed by atoms with Gasteiger partial charge in [0.1, 0.15) is 0 Å². The van der Waals surface area contributed by atoms with Crippen LogP contribution in [0.4, 0.5) is 0 Å². The molecule has 20 heavy (non-hydrogen) atoms. The van der Waals surface area contributed by atoms with Crippen molar-refractivity contribution in [3.05, 3.63) is 32.7 Å². The number of carboxylic acid groups (broad SMARTS) is 1. The molecule has 0 bridgehead atoms. The highest BCUT2D eigenvalue weighted by molar-refractivity contribution is 9.11. The lowest BCUT2D eigenvalue weighted by atomic mass is 9.99. The van der Waals surface area contributed by atoms with Crippen LogP contribution in [0.15, 0.2) is 27.1 Å². The molecule has 0 fully saturated rings. The number of ether oxygens (including phenoxy) is 1. The maximum absolute atomic E-state index is 11.9. The lowest BCUT2D eigenvalue weighted by molar-refractivity contribution is -0.161. The van der Waals surface area contributed by atoms with Gasteiger partial charge in [-0.15, -0.1) is 0 Å². The van der Waals surface area contributed by atoms with Gasteiger partial charge in [0, 0.05) is 8.95 Å². The van der Waals surface area contributed by atoms with Gasteiger partial charge in [0.2, 0.25) is 0 Å². The number of halogens is 2. The fourth-order valence-corrected chi connectivity index (χ4v) is 2.89. The molecule has 1 N–H and O–H groups in total. The lowest BCUT2D eigenvalue weighted by Crippen LogP contribution is -2.30. The zero-order valence-corrected chi connectivity index (χ0v) is 14.4. The monoisotopic (exact) mass is 406 g/mol.